The van der Waals surface area contributed by atoms with E-state index in [1.165, 1.54) is 18.2 Å². The fraction of sp³-hybridized carbons (Fsp3) is 0.176. The van der Waals surface area contributed by atoms with Gasteiger partial charge in [-0.2, -0.15) is 0 Å². The number of benzene rings is 2. The highest BCUT2D eigenvalue weighted by Crippen LogP contribution is 2.26. The number of nitrogens with two attached hydrogens (primary N) is 1. The number of nitrogens with one attached hydrogen (secondary N) is 1. The van der Waals surface area contributed by atoms with Crippen LogP contribution in [0.3, 0.4) is 0 Å². The summed E-state index contributed by atoms with van der Waals surface area (Å²) in [6.07, 6.45) is 0. The standard InChI is InChI=1S/C17H15Cl3N2O3/c1-9(12-4-2-11(19)7-14(12)20)22-16(23)8-25-15-5-3-10(18)6-13(15)17(21)24/h2-7,9H,8H2,1H3,(H2,21,24)(H,22,23)/t9-/m1/s1. The third-order valence-corrected chi connectivity index (χ3v) is 4.17. The maximum absolute atomic E-state index is 12.1. The van der Waals surface area contributed by atoms with Crippen molar-refractivity contribution in [2.24, 2.45) is 5.73 Å². The van der Waals surface area contributed by atoms with E-state index in [1.54, 1.807) is 25.1 Å². The molecule has 2 aromatic carbocycles. The molecule has 132 valence electrons. The average molecular weight is 402 g/mol. The molecule has 0 aromatic heterocycles. The summed E-state index contributed by atoms with van der Waals surface area (Å²) in [6, 6.07) is 9.08. The third kappa shape index (κ3) is 5.26. The van der Waals surface area contributed by atoms with Gasteiger partial charge in [0.2, 0.25) is 0 Å². The zero-order valence-corrected chi connectivity index (χ0v) is 15.5. The molecule has 2 rings (SSSR count). The Morgan fingerprint density at radius 3 is 2.40 bits per heavy atom. The van der Waals surface area contributed by atoms with Crippen molar-refractivity contribution in [3.63, 3.8) is 0 Å². The number of hydrogen-bond acceptors (Lipinski definition) is 3. The number of ether oxygens (including phenoxy) is 1. The number of halogens is 3. The fourth-order valence-corrected chi connectivity index (χ4v) is 2.92. The topological polar surface area (TPSA) is 81.4 Å². The van der Waals surface area contributed by atoms with Crippen LogP contribution in [0.4, 0.5) is 0 Å². The molecule has 0 aliphatic rings. The van der Waals surface area contributed by atoms with E-state index < -0.39 is 5.91 Å². The van der Waals surface area contributed by atoms with Gasteiger partial charge in [0.1, 0.15) is 5.75 Å². The maximum atomic E-state index is 12.1. The van der Waals surface area contributed by atoms with Crippen LogP contribution in [0.2, 0.25) is 15.1 Å². The summed E-state index contributed by atoms with van der Waals surface area (Å²) < 4.78 is 5.38. The fourth-order valence-electron chi connectivity index (χ4n) is 2.18. The predicted octanol–water partition coefficient (Wildman–Crippen LogP) is 4.00. The van der Waals surface area contributed by atoms with Crippen LogP contribution < -0.4 is 15.8 Å². The van der Waals surface area contributed by atoms with Gasteiger partial charge in [0.05, 0.1) is 11.6 Å². The van der Waals surface area contributed by atoms with E-state index in [0.29, 0.717) is 15.1 Å². The Hall–Kier alpha value is -1.95. The second-order valence-electron chi connectivity index (χ2n) is 5.25. The van der Waals surface area contributed by atoms with E-state index >= 15 is 0 Å². The monoisotopic (exact) mass is 400 g/mol. The molecule has 2 aromatic rings. The Morgan fingerprint density at radius 1 is 1.12 bits per heavy atom. The Balaban J connectivity index is 2.00. The lowest BCUT2D eigenvalue weighted by molar-refractivity contribution is -0.123. The van der Waals surface area contributed by atoms with Gasteiger partial charge in [0.15, 0.2) is 6.61 Å². The highest BCUT2D eigenvalue weighted by molar-refractivity contribution is 6.35. The SMILES string of the molecule is C[C@@H](NC(=O)COc1ccc(Cl)cc1C(N)=O)c1ccc(Cl)cc1Cl. The Bertz CT molecular complexity index is 812. The lowest BCUT2D eigenvalue weighted by atomic mass is 10.1. The molecule has 0 saturated heterocycles. The summed E-state index contributed by atoms with van der Waals surface area (Å²) in [7, 11) is 0. The average Bonchev–Trinajstić information content (AvgIpc) is 2.53. The molecule has 5 nitrogen and oxygen atoms in total. The zero-order chi connectivity index (χ0) is 18.6. The number of primary amides is 1. The van der Waals surface area contributed by atoms with Crippen molar-refractivity contribution >= 4 is 46.6 Å². The second-order valence-corrected chi connectivity index (χ2v) is 6.53. The molecule has 0 heterocycles. The first-order valence-electron chi connectivity index (χ1n) is 7.24. The maximum Gasteiger partial charge on any atom is 0.258 e. The van der Waals surface area contributed by atoms with Crippen molar-refractivity contribution in [3.05, 3.63) is 62.6 Å². The van der Waals surface area contributed by atoms with Gasteiger partial charge in [0.25, 0.3) is 11.8 Å². The van der Waals surface area contributed by atoms with Gasteiger partial charge in [-0.3, -0.25) is 9.59 Å². The number of rotatable bonds is 6. The largest absolute Gasteiger partial charge is 0.483 e. The molecule has 3 N–H and O–H groups in total. The van der Waals surface area contributed by atoms with Crippen LogP contribution in [0.25, 0.3) is 0 Å². The molecule has 0 fully saturated rings. The molecular formula is C17H15Cl3N2O3. The molecule has 0 bridgehead atoms. The lowest BCUT2D eigenvalue weighted by Gasteiger charge is -2.16. The normalized spacial score (nSPS) is 11.7. The number of amides is 2. The predicted molar refractivity (Wildman–Crippen MR) is 98.5 cm³/mol. The minimum atomic E-state index is -0.695. The van der Waals surface area contributed by atoms with Crippen molar-refractivity contribution in [1.82, 2.24) is 5.32 Å². The minimum Gasteiger partial charge on any atom is -0.483 e. The minimum absolute atomic E-state index is 0.106. The summed E-state index contributed by atoms with van der Waals surface area (Å²) in [5, 5.41) is 4.06. The van der Waals surface area contributed by atoms with Crippen LogP contribution in [0.15, 0.2) is 36.4 Å². The molecule has 0 aliphatic carbocycles. The molecule has 1 atom stereocenters. The Kier molecular flexibility index (Phi) is 6.53. The van der Waals surface area contributed by atoms with Crippen LogP contribution in [0.5, 0.6) is 5.75 Å². The molecule has 0 saturated carbocycles. The van der Waals surface area contributed by atoms with E-state index in [-0.39, 0.29) is 29.9 Å². The van der Waals surface area contributed by atoms with Crippen LogP contribution >= 0.6 is 34.8 Å². The van der Waals surface area contributed by atoms with Gasteiger partial charge in [-0.15, -0.1) is 0 Å². The molecule has 0 spiro atoms. The Labute approximate surface area is 160 Å². The van der Waals surface area contributed by atoms with Gasteiger partial charge < -0.3 is 15.8 Å². The molecule has 25 heavy (non-hydrogen) atoms. The smallest absolute Gasteiger partial charge is 0.258 e. The van der Waals surface area contributed by atoms with Gasteiger partial charge in [0, 0.05) is 15.1 Å². The summed E-state index contributed by atoms with van der Waals surface area (Å²) in [5.41, 5.74) is 6.10. The third-order valence-electron chi connectivity index (χ3n) is 3.37. The summed E-state index contributed by atoms with van der Waals surface area (Å²) in [6.45, 7) is 1.49. The van der Waals surface area contributed by atoms with Crippen molar-refractivity contribution < 1.29 is 14.3 Å². The second kappa shape index (κ2) is 8.43. The molecule has 2 amide bonds. The molecule has 8 heteroatoms. The van der Waals surface area contributed by atoms with Gasteiger partial charge in [-0.05, 0) is 42.8 Å². The van der Waals surface area contributed by atoms with E-state index in [9.17, 15) is 9.59 Å². The van der Waals surface area contributed by atoms with E-state index in [0.717, 1.165) is 5.56 Å². The van der Waals surface area contributed by atoms with Crippen LogP contribution in [0, 0.1) is 0 Å². The highest BCUT2D eigenvalue weighted by Gasteiger charge is 2.15. The molecular weight excluding hydrogens is 387 g/mol. The quantitative estimate of drug-likeness (QED) is 0.767. The van der Waals surface area contributed by atoms with E-state index in [4.69, 9.17) is 45.3 Å². The highest BCUT2D eigenvalue weighted by atomic mass is 35.5. The number of carbonyl (C=O) groups is 2. The molecule has 0 unspecified atom stereocenters. The van der Waals surface area contributed by atoms with Crippen molar-refractivity contribution in [3.8, 4) is 5.75 Å². The van der Waals surface area contributed by atoms with Crippen molar-refractivity contribution in [2.75, 3.05) is 6.61 Å². The van der Waals surface area contributed by atoms with Crippen molar-refractivity contribution in [1.29, 1.82) is 0 Å². The zero-order valence-electron chi connectivity index (χ0n) is 13.2. The van der Waals surface area contributed by atoms with Gasteiger partial charge in [-0.25, -0.2) is 0 Å². The van der Waals surface area contributed by atoms with E-state index in [2.05, 4.69) is 5.32 Å². The van der Waals surface area contributed by atoms with Crippen molar-refractivity contribution in [2.45, 2.75) is 13.0 Å². The first-order valence-corrected chi connectivity index (χ1v) is 8.37. The summed E-state index contributed by atoms with van der Waals surface area (Å²) in [5.74, 6) is -0.896. The molecule has 0 radical (unpaired) electrons. The van der Waals surface area contributed by atoms with Gasteiger partial charge in [-0.1, -0.05) is 40.9 Å². The lowest BCUT2D eigenvalue weighted by Crippen LogP contribution is -2.31. The Morgan fingerprint density at radius 2 is 1.76 bits per heavy atom. The van der Waals surface area contributed by atoms with Crippen LogP contribution in [-0.4, -0.2) is 18.4 Å². The first kappa shape index (κ1) is 19.4. The van der Waals surface area contributed by atoms with Crippen LogP contribution in [0.1, 0.15) is 28.9 Å². The van der Waals surface area contributed by atoms with E-state index in [1.807, 2.05) is 0 Å². The summed E-state index contributed by atoms with van der Waals surface area (Å²) in [4.78, 5) is 23.5. The number of hydrogen-bond donors (Lipinski definition) is 2. The van der Waals surface area contributed by atoms with Crippen LogP contribution in [-0.2, 0) is 4.79 Å². The number of carbonyl (C=O) groups excluding carboxylic acids is 2. The first-order chi connectivity index (χ1) is 11.8. The van der Waals surface area contributed by atoms with Gasteiger partial charge >= 0.3 is 0 Å². The molecule has 0 aliphatic heterocycles. The summed E-state index contributed by atoms with van der Waals surface area (Å²) >= 11 is 17.8.